The fraction of sp³-hybridized carbons (Fsp3) is 0.667. The highest BCUT2D eigenvalue weighted by Crippen LogP contribution is 2.60. The van der Waals surface area contributed by atoms with E-state index in [0.717, 1.165) is 0 Å². The molecule has 0 spiro atoms. The monoisotopic (exact) mass is 295 g/mol. The van der Waals surface area contributed by atoms with Crippen LogP contribution in [0, 0.1) is 0 Å². The fourth-order valence-corrected chi connectivity index (χ4v) is 0.649. The molecule has 0 aromatic heterocycles. The smallest absolute Gasteiger partial charge is 0.458 e. The lowest BCUT2D eigenvalue weighted by molar-refractivity contribution is -0.231. The van der Waals surface area contributed by atoms with Crippen molar-refractivity contribution in [2.24, 2.45) is 5.73 Å². The summed E-state index contributed by atoms with van der Waals surface area (Å²) < 4.78 is 74.9. The Labute approximate surface area is 104 Å². The first-order chi connectivity index (χ1) is 8.39. The molecule has 0 saturated carbocycles. The van der Waals surface area contributed by atoms with Gasteiger partial charge in [0.05, 0.1) is 0 Å². The molecular formula is C9H11F6NO3. The lowest BCUT2D eigenvalue weighted by Crippen LogP contribution is -2.32. The zero-order valence-electron chi connectivity index (χ0n) is 9.69. The van der Waals surface area contributed by atoms with E-state index in [9.17, 15) is 31.1 Å². The van der Waals surface area contributed by atoms with E-state index in [1.54, 1.807) is 6.92 Å². The number of carbonyl (C=O) groups is 1. The standard InChI is InChI=1S/C6H11NO2.C3F6O/c1-5(2)6(8)9-4-3-7;4-1(2(5,6)7)3(8,9)10-1/h1,3-4,7H2,2H3;. The number of nitrogens with two attached hydrogens (primary N) is 1. The summed E-state index contributed by atoms with van der Waals surface area (Å²) in [6, 6.07) is 0. The number of hydrogen-bond acceptors (Lipinski definition) is 4. The highest BCUT2D eigenvalue weighted by Gasteiger charge is 2.90. The molecule has 1 saturated heterocycles. The summed E-state index contributed by atoms with van der Waals surface area (Å²) in [4.78, 5) is 10.5. The average molecular weight is 295 g/mol. The molecule has 2 N–H and O–H groups in total. The van der Waals surface area contributed by atoms with Gasteiger partial charge in [-0.25, -0.2) is 4.79 Å². The van der Waals surface area contributed by atoms with E-state index < -0.39 is 18.1 Å². The maximum atomic E-state index is 11.7. The van der Waals surface area contributed by atoms with Crippen LogP contribution in [0.25, 0.3) is 0 Å². The maximum absolute atomic E-state index is 11.7. The number of halogens is 6. The van der Waals surface area contributed by atoms with Gasteiger partial charge in [-0.15, -0.1) is 0 Å². The van der Waals surface area contributed by atoms with Gasteiger partial charge < -0.3 is 10.5 Å². The van der Waals surface area contributed by atoms with Gasteiger partial charge in [-0.3, -0.25) is 4.74 Å². The van der Waals surface area contributed by atoms with Crippen LogP contribution < -0.4 is 5.73 Å². The van der Waals surface area contributed by atoms with Gasteiger partial charge >= 0.3 is 24.1 Å². The third-order valence-electron chi connectivity index (χ3n) is 1.67. The number of carbonyl (C=O) groups excluding carboxylic acids is 1. The lowest BCUT2D eigenvalue weighted by Gasteiger charge is -2.04. The van der Waals surface area contributed by atoms with Crippen LogP contribution in [0.15, 0.2) is 12.2 Å². The third-order valence-corrected chi connectivity index (χ3v) is 1.67. The van der Waals surface area contributed by atoms with Gasteiger partial charge in [0.1, 0.15) is 6.61 Å². The van der Waals surface area contributed by atoms with Crippen LogP contribution in [0.3, 0.4) is 0 Å². The number of rotatable bonds is 3. The zero-order valence-corrected chi connectivity index (χ0v) is 9.69. The molecule has 1 fully saturated rings. The summed E-state index contributed by atoms with van der Waals surface area (Å²) in [5.41, 5.74) is 5.48. The molecule has 0 aromatic carbocycles. The summed E-state index contributed by atoms with van der Waals surface area (Å²) in [6.45, 7) is 5.62. The molecule has 1 aliphatic rings. The predicted octanol–water partition coefficient (Wildman–Crippen LogP) is 1.90. The van der Waals surface area contributed by atoms with Gasteiger partial charge in [0.25, 0.3) is 0 Å². The van der Waals surface area contributed by atoms with Gasteiger partial charge in [0.2, 0.25) is 0 Å². The summed E-state index contributed by atoms with van der Waals surface area (Å²) >= 11 is 0. The number of ether oxygens (including phenoxy) is 2. The quantitative estimate of drug-likeness (QED) is 0.374. The van der Waals surface area contributed by atoms with E-state index in [0.29, 0.717) is 12.1 Å². The number of esters is 1. The highest BCUT2D eigenvalue weighted by atomic mass is 19.4. The van der Waals surface area contributed by atoms with Crippen LogP contribution >= 0.6 is 0 Å². The molecule has 0 aromatic rings. The minimum absolute atomic E-state index is 0.270. The van der Waals surface area contributed by atoms with Crippen molar-refractivity contribution < 1.29 is 40.6 Å². The van der Waals surface area contributed by atoms with E-state index in [4.69, 9.17) is 5.73 Å². The van der Waals surface area contributed by atoms with Crippen LogP contribution in [0.2, 0.25) is 0 Å². The van der Waals surface area contributed by atoms with Crippen molar-refractivity contribution in [1.29, 1.82) is 0 Å². The van der Waals surface area contributed by atoms with Crippen molar-refractivity contribution in [1.82, 2.24) is 0 Å². The van der Waals surface area contributed by atoms with Gasteiger partial charge in [-0.05, 0) is 6.92 Å². The molecule has 112 valence electrons. The normalized spacial score (nSPS) is 24.0. The Balaban J connectivity index is 0.000000344. The average Bonchev–Trinajstić information content (AvgIpc) is 2.76. The van der Waals surface area contributed by atoms with E-state index in [-0.39, 0.29) is 12.6 Å². The van der Waals surface area contributed by atoms with Crippen molar-refractivity contribution in [2.45, 2.75) is 25.1 Å². The molecule has 10 heteroatoms. The molecule has 1 rings (SSSR count). The van der Waals surface area contributed by atoms with Crippen LogP contribution in [-0.4, -0.2) is 37.3 Å². The summed E-state index contributed by atoms with van der Waals surface area (Å²) in [5, 5.41) is 0. The fourth-order valence-electron chi connectivity index (χ4n) is 0.649. The van der Waals surface area contributed by atoms with E-state index in [1.165, 1.54) is 0 Å². The van der Waals surface area contributed by atoms with Crippen LogP contribution in [-0.2, 0) is 14.3 Å². The Bertz CT molecular complexity index is 356. The van der Waals surface area contributed by atoms with Crippen molar-refractivity contribution in [3.8, 4) is 0 Å². The molecule has 4 nitrogen and oxygen atoms in total. The van der Waals surface area contributed by atoms with Gasteiger partial charge in [-0.1, -0.05) is 6.58 Å². The van der Waals surface area contributed by atoms with Crippen molar-refractivity contribution in [3.63, 3.8) is 0 Å². The predicted molar refractivity (Wildman–Crippen MR) is 50.8 cm³/mol. The molecule has 0 aliphatic carbocycles. The minimum atomic E-state index is -5.66. The summed E-state index contributed by atoms with van der Waals surface area (Å²) in [5.74, 6) is -5.12. The van der Waals surface area contributed by atoms with Crippen molar-refractivity contribution in [3.05, 3.63) is 12.2 Å². The molecule has 1 unspecified atom stereocenters. The molecule has 1 aliphatic heterocycles. The Morgan fingerprint density at radius 2 is 1.79 bits per heavy atom. The molecule has 0 bridgehead atoms. The Hall–Kier alpha value is -1.29. The minimum Gasteiger partial charge on any atom is -0.461 e. The second-order valence-electron chi connectivity index (χ2n) is 3.42. The molecule has 19 heavy (non-hydrogen) atoms. The van der Waals surface area contributed by atoms with E-state index in [2.05, 4.69) is 16.1 Å². The highest BCUT2D eigenvalue weighted by molar-refractivity contribution is 5.86. The lowest BCUT2D eigenvalue weighted by atomic mass is 10.4. The molecule has 0 amide bonds. The zero-order chi connectivity index (χ0) is 15.5. The van der Waals surface area contributed by atoms with Gasteiger partial charge in [0, 0.05) is 12.1 Å². The SMILES string of the molecule is C=C(C)C(=O)OCCN.FC(F)(F)C1(F)OC1(F)F. The first-order valence-corrected chi connectivity index (χ1v) is 4.75. The first-order valence-electron chi connectivity index (χ1n) is 4.75. The van der Waals surface area contributed by atoms with Gasteiger partial charge in [-0.2, -0.15) is 26.3 Å². The first kappa shape index (κ1) is 17.7. The van der Waals surface area contributed by atoms with Crippen LogP contribution in [0.1, 0.15) is 6.92 Å². The second kappa shape index (κ2) is 5.78. The topological polar surface area (TPSA) is 64.8 Å². The summed E-state index contributed by atoms with van der Waals surface area (Å²) in [7, 11) is 0. The number of alkyl halides is 6. The van der Waals surface area contributed by atoms with Crippen molar-refractivity contribution >= 4 is 5.97 Å². The Morgan fingerprint density at radius 3 is 1.95 bits per heavy atom. The van der Waals surface area contributed by atoms with Crippen LogP contribution in [0.4, 0.5) is 26.3 Å². The third kappa shape index (κ3) is 4.39. The second-order valence-corrected chi connectivity index (χ2v) is 3.42. The molecule has 1 heterocycles. The largest absolute Gasteiger partial charge is 0.461 e. The van der Waals surface area contributed by atoms with Crippen molar-refractivity contribution in [2.75, 3.05) is 13.2 Å². The molecule has 0 radical (unpaired) electrons. The Kier molecular flexibility index (Phi) is 5.39. The number of hydrogen-bond donors (Lipinski definition) is 1. The van der Waals surface area contributed by atoms with Crippen LogP contribution in [0.5, 0.6) is 0 Å². The number of epoxide rings is 1. The van der Waals surface area contributed by atoms with Gasteiger partial charge in [0.15, 0.2) is 0 Å². The molecule has 1 atom stereocenters. The van der Waals surface area contributed by atoms with E-state index in [1.807, 2.05) is 0 Å². The molecular weight excluding hydrogens is 284 g/mol. The van der Waals surface area contributed by atoms with E-state index >= 15 is 0 Å². The maximum Gasteiger partial charge on any atom is 0.458 e. The summed E-state index contributed by atoms with van der Waals surface area (Å²) in [6.07, 6.45) is -10.4. The Morgan fingerprint density at radius 1 is 1.37 bits per heavy atom.